The molecule has 1 saturated heterocycles. The molecule has 2 saturated carbocycles. The summed E-state index contributed by atoms with van der Waals surface area (Å²) in [4.78, 5) is 34.6. The lowest BCUT2D eigenvalue weighted by molar-refractivity contribution is -0.137. The summed E-state index contributed by atoms with van der Waals surface area (Å²) in [5, 5.41) is 5.04. The van der Waals surface area contributed by atoms with Crippen molar-refractivity contribution in [1.82, 2.24) is 10.6 Å². The van der Waals surface area contributed by atoms with Crippen molar-refractivity contribution in [2.24, 2.45) is 17.8 Å². The molecule has 0 radical (unpaired) electrons. The van der Waals surface area contributed by atoms with Crippen molar-refractivity contribution >= 4 is 17.7 Å². The van der Waals surface area contributed by atoms with Crippen molar-refractivity contribution in [3.05, 3.63) is 0 Å². The molecule has 2 bridgehead atoms. The Morgan fingerprint density at radius 3 is 2.68 bits per heavy atom. The number of carbonyl (C=O) groups excluding carboxylic acids is 3. The van der Waals surface area contributed by atoms with Crippen molar-refractivity contribution in [3.8, 4) is 0 Å². The molecule has 0 aromatic rings. The molecule has 2 N–H and O–H groups in total. The van der Waals surface area contributed by atoms with Gasteiger partial charge in [0.1, 0.15) is 6.04 Å². The average molecular weight is 264 g/mol. The predicted molar refractivity (Wildman–Crippen MR) is 67.9 cm³/mol. The minimum absolute atomic E-state index is 0.0351. The van der Waals surface area contributed by atoms with Gasteiger partial charge in [0.2, 0.25) is 17.7 Å². The highest BCUT2D eigenvalue weighted by Gasteiger charge is 2.40. The van der Waals surface area contributed by atoms with Crippen LogP contribution in [-0.4, -0.2) is 23.8 Å². The van der Waals surface area contributed by atoms with Gasteiger partial charge < -0.3 is 5.32 Å². The molecule has 3 fully saturated rings. The molecular formula is C14H20N2O3. The molecule has 5 nitrogen and oxygen atoms in total. The zero-order valence-electron chi connectivity index (χ0n) is 11.0. The van der Waals surface area contributed by atoms with Gasteiger partial charge in [0.25, 0.3) is 0 Å². The summed E-state index contributed by atoms with van der Waals surface area (Å²) in [6.07, 6.45) is 6.33. The molecule has 5 heteroatoms. The van der Waals surface area contributed by atoms with E-state index in [2.05, 4.69) is 10.6 Å². The van der Waals surface area contributed by atoms with Crippen molar-refractivity contribution in [2.45, 2.75) is 51.0 Å². The van der Waals surface area contributed by atoms with Gasteiger partial charge in [0.05, 0.1) is 0 Å². The Bertz CT molecular complexity index is 421. The van der Waals surface area contributed by atoms with Crippen molar-refractivity contribution in [1.29, 1.82) is 0 Å². The summed E-state index contributed by atoms with van der Waals surface area (Å²) >= 11 is 0. The van der Waals surface area contributed by atoms with Gasteiger partial charge in [0, 0.05) is 12.8 Å². The van der Waals surface area contributed by atoms with E-state index in [0.29, 0.717) is 25.2 Å². The zero-order valence-corrected chi connectivity index (χ0v) is 11.0. The molecule has 2 aliphatic carbocycles. The molecule has 19 heavy (non-hydrogen) atoms. The lowest BCUT2D eigenvalue weighted by Crippen LogP contribution is -2.52. The normalized spacial score (nSPS) is 37.3. The number of carbonyl (C=O) groups is 3. The van der Waals surface area contributed by atoms with E-state index in [0.717, 1.165) is 11.8 Å². The van der Waals surface area contributed by atoms with Crippen LogP contribution in [0.25, 0.3) is 0 Å². The monoisotopic (exact) mass is 264 g/mol. The summed E-state index contributed by atoms with van der Waals surface area (Å²) in [5.74, 6) is 1.41. The van der Waals surface area contributed by atoms with Gasteiger partial charge >= 0.3 is 0 Å². The molecule has 3 amide bonds. The Morgan fingerprint density at radius 1 is 1.21 bits per heavy atom. The highest BCUT2D eigenvalue weighted by molar-refractivity contribution is 6.01. The zero-order chi connectivity index (χ0) is 13.4. The smallest absolute Gasteiger partial charge is 0.249 e. The third kappa shape index (κ3) is 2.65. The van der Waals surface area contributed by atoms with Crippen LogP contribution in [0, 0.1) is 17.8 Å². The first-order valence-electron chi connectivity index (χ1n) is 7.25. The number of fused-ring (bicyclic) bond motifs is 2. The first-order chi connectivity index (χ1) is 9.11. The summed E-state index contributed by atoms with van der Waals surface area (Å²) in [6.45, 7) is 0. The summed E-state index contributed by atoms with van der Waals surface area (Å²) in [7, 11) is 0. The third-order valence-electron chi connectivity index (χ3n) is 4.91. The lowest BCUT2D eigenvalue weighted by atomic mass is 9.86. The highest BCUT2D eigenvalue weighted by Crippen LogP contribution is 2.49. The number of hydrogen-bond donors (Lipinski definition) is 2. The average Bonchev–Trinajstić information content (AvgIpc) is 2.95. The maximum absolute atomic E-state index is 12.0. The topological polar surface area (TPSA) is 75.3 Å². The van der Waals surface area contributed by atoms with Crippen LogP contribution in [0.5, 0.6) is 0 Å². The van der Waals surface area contributed by atoms with E-state index in [1.165, 1.54) is 25.7 Å². The first kappa shape index (κ1) is 12.6. The Morgan fingerprint density at radius 2 is 2.05 bits per heavy atom. The molecule has 0 aromatic carbocycles. The van der Waals surface area contributed by atoms with E-state index in [1.54, 1.807) is 0 Å². The van der Waals surface area contributed by atoms with E-state index in [1.807, 2.05) is 0 Å². The first-order valence-corrected chi connectivity index (χ1v) is 7.25. The molecule has 4 unspecified atom stereocenters. The highest BCUT2D eigenvalue weighted by atomic mass is 16.2. The second kappa shape index (κ2) is 4.94. The minimum Gasteiger partial charge on any atom is -0.344 e. The number of imide groups is 1. The van der Waals surface area contributed by atoms with E-state index in [9.17, 15) is 14.4 Å². The minimum atomic E-state index is -0.524. The molecule has 3 aliphatic rings. The Balaban J connectivity index is 1.49. The Kier molecular flexibility index (Phi) is 3.29. The van der Waals surface area contributed by atoms with Crippen LogP contribution in [-0.2, 0) is 14.4 Å². The molecule has 0 spiro atoms. The molecule has 4 atom stereocenters. The number of rotatable bonds is 3. The van der Waals surface area contributed by atoms with Gasteiger partial charge in [-0.25, -0.2) is 0 Å². The number of nitrogens with one attached hydrogen (secondary N) is 2. The number of hydrogen-bond acceptors (Lipinski definition) is 3. The van der Waals surface area contributed by atoms with Crippen LogP contribution >= 0.6 is 0 Å². The number of piperidine rings is 1. The third-order valence-corrected chi connectivity index (χ3v) is 4.91. The predicted octanol–water partition coefficient (Wildman–Crippen LogP) is 0.734. The van der Waals surface area contributed by atoms with Crippen LogP contribution in [0.3, 0.4) is 0 Å². The van der Waals surface area contributed by atoms with Crippen molar-refractivity contribution in [3.63, 3.8) is 0 Å². The molecule has 104 valence electrons. The summed E-state index contributed by atoms with van der Waals surface area (Å²) in [5.41, 5.74) is 0. The summed E-state index contributed by atoms with van der Waals surface area (Å²) in [6, 6.07) is -0.524. The van der Waals surface area contributed by atoms with Gasteiger partial charge in [-0.3, -0.25) is 19.7 Å². The molecule has 3 rings (SSSR count). The van der Waals surface area contributed by atoms with Gasteiger partial charge in [-0.15, -0.1) is 0 Å². The second-order valence-electron chi connectivity index (χ2n) is 6.21. The van der Waals surface area contributed by atoms with E-state index >= 15 is 0 Å². The fourth-order valence-electron chi connectivity index (χ4n) is 3.95. The SMILES string of the molecule is O=C1CCC(NC(=O)CC2CC3CCC2C3)C(=O)N1. The molecule has 1 aliphatic heterocycles. The van der Waals surface area contributed by atoms with E-state index in [4.69, 9.17) is 0 Å². The van der Waals surface area contributed by atoms with Crippen LogP contribution in [0.15, 0.2) is 0 Å². The molecule has 0 aromatic heterocycles. The van der Waals surface area contributed by atoms with Gasteiger partial charge in [-0.2, -0.15) is 0 Å². The van der Waals surface area contributed by atoms with Crippen molar-refractivity contribution in [2.75, 3.05) is 0 Å². The maximum atomic E-state index is 12.0. The Labute approximate surface area is 112 Å². The van der Waals surface area contributed by atoms with Crippen LogP contribution in [0.2, 0.25) is 0 Å². The molecular weight excluding hydrogens is 244 g/mol. The van der Waals surface area contributed by atoms with Gasteiger partial charge in [0.15, 0.2) is 0 Å². The fourth-order valence-corrected chi connectivity index (χ4v) is 3.95. The summed E-state index contributed by atoms with van der Waals surface area (Å²) < 4.78 is 0. The van der Waals surface area contributed by atoms with Gasteiger partial charge in [-0.05, 0) is 43.4 Å². The quantitative estimate of drug-likeness (QED) is 0.738. The van der Waals surface area contributed by atoms with Crippen LogP contribution in [0.4, 0.5) is 0 Å². The Hall–Kier alpha value is -1.39. The standard InChI is InChI=1S/C14H20N2O3/c17-12-4-3-11(14(19)16-12)15-13(18)7-10-6-8-1-2-9(10)5-8/h8-11H,1-7H2,(H,15,18)(H,16,17,19). The largest absolute Gasteiger partial charge is 0.344 e. The van der Waals surface area contributed by atoms with Gasteiger partial charge in [-0.1, -0.05) is 6.42 Å². The van der Waals surface area contributed by atoms with E-state index in [-0.39, 0.29) is 17.7 Å². The maximum Gasteiger partial charge on any atom is 0.249 e. The van der Waals surface area contributed by atoms with Crippen molar-refractivity contribution < 1.29 is 14.4 Å². The fraction of sp³-hybridized carbons (Fsp3) is 0.786. The van der Waals surface area contributed by atoms with Crippen LogP contribution in [0.1, 0.15) is 44.9 Å². The van der Waals surface area contributed by atoms with Crippen LogP contribution < -0.4 is 10.6 Å². The lowest BCUT2D eigenvalue weighted by Gasteiger charge is -2.24. The number of amides is 3. The van der Waals surface area contributed by atoms with E-state index < -0.39 is 6.04 Å². The molecule has 1 heterocycles. The second-order valence-corrected chi connectivity index (χ2v) is 6.21.